The summed E-state index contributed by atoms with van der Waals surface area (Å²) in [5.41, 5.74) is 0.522. The fourth-order valence-electron chi connectivity index (χ4n) is 0.865. The Hall–Kier alpha value is -1.10. The van der Waals surface area contributed by atoms with Crippen LogP contribution >= 0.6 is 15.9 Å². The van der Waals surface area contributed by atoms with E-state index < -0.39 is 4.92 Å². The van der Waals surface area contributed by atoms with E-state index >= 15 is 0 Å². The minimum absolute atomic E-state index is 0.0950. The normalized spacial score (nSPS) is 9.83. The van der Waals surface area contributed by atoms with Crippen molar-refractivity contribution in [3.8, 4) is 5.75 Å². The second kappa shape index (κ2) is 3.10. The molecular weight excluding hydrogens is 226 g/mol. The van der Waals surface area contributed by atoms with Crippen LogP contribution < -0.4 is 0 Å². The van der Waals surface area contributed by atoms with Gasteiger partial charge in [-0.05, 0) is 34.5 Å². The Balaban J connectivity index is 3.37. The van der Waals surface area contributed by atoms with Crippen LogP contribution in [0.3, 0.4) is 0 Å². The zero-order valence-electron chi connectivity index (χ0n) is 6.24. The average molecular weight is 232 g/mol. The first kappa shape index (κ1) is 8.99. The molecule has 0 atom stereocenters. The number of aryl methyl sites for hydroxylation is 1. The lowest BCUT2D eigenvalue weighted by Gasteiger charge is -1.99. The molecule has 64 valence electrons. The van der Waals surface area contributed by atoms with Gasteiger partial charge in [0.15, 0.2) is 0 Å². The number of phenols is 1. The Morgan fingerprint density at radius 3 is 2.67 bits per heavy atom. The Bertz CT molecular complexity index is 338. The molecule has 0 saturated heterocycles. The minimum atomic E-state index is -0.545. The van der Waals surface area contributed by atoms with Gasteiger partial charge in [0.1, 0.15) is 5.75 Å². The Kier molecular flexibility index (Phi) is 2.32. The molecule has 4 nitrogen and oxygen atoms in total. The van der Waals surface area contributed by atoms with Crippen LogP contribution in [0, 0.1) is 17.0 Å². The summed E-state index contributed by atoms with van der Waals surface area (Å²) < 4.78 is 0.408. The van der Waals surface area contributed by atoms with Gasteiger partial charge in [-0.25, -0.2) is 0 Å². The molecule has 1 N–H and O–H groups in total. The molecule has 0 saturated carbocycles. The van der Waals surface area contributed by atoms with E-state index in [2.05, 4.69) is 15.9 Å². The molecule has 5 heteroatoms. The van der Waals surface area contributed by atoms with Crippen molar-refractivity contribution < 1.29 is 10.0 Å². The van der Waals surface area contributed by atoms with Crippen molar-refractivity contribution in [1.82, 2.24) is 0 Å². The number of hydrogen-bond acceptors (Lipinski definition) is 3. The Morgan fingerprint density at radius 1 is 1.58 bits per heavy atom. The number of hydrogen-bond donors (Lipinski definition) is 1. The summed E-state index contributed by atoms with van der Waals surface area (Å²) in [7, 11) is 0. The van der Waals surface area contributed by atoms with Gasteiger partial charge < -0.3 is 5.11 Å². The molecule has 0 fully saturated rings. The van der Waals surface area contributed by atoms with E-state index in [1.807, 2.05) is 0 Å². The number of aromatic hydroxyl groups is 1. The van der Waals surface area contributed by atoms with Gasteiger partial charge in [0.2, 0.25) is 0 Å². The molecule has 0 spiro atoms. The molecular formula is C7H6BrNO3. The predicted octanol–water partition coefficient (Wildman–Crippen LogP) is 2.37. The number of nitrogens with zero attached hydrogens (tertiary/aromatic N) is 1. The molecule has 0 heterocycles. The van der Waals surface area contributed by atoms with Crippen molar-refractivity contribution >= 4 is 21.6 Å². The number of halogens is 1. The average Bonchev–Trinajstić information content (AvgIpc) is 1.96. The van der Waals surface area contributed by atoms with Gasteiger partial charge in [0, 0.05) is 0 Å². The van der Waals surface area contributed by atoms with Crippen molar-refractivity contribution in [2.45, 2.75) is 6.92 Å². The molecule has 1 aromatic carbocycles. The zero-order chi connectivity index (χ0) is 9.30. The van der Waals surface area contributed by atoms with Crippen LogP contribution in [-0.4, -0.2) is 10.0 Å². The summed E-state index contributed by atoms with van der Waals surface area (Å²) in [6, 6.07) is 2.56. The van der Waals surface area contributed by atoms with Crippen LogP contribution in [0.5, 0.6) is 5.75 Å². The Morgan fingerprint density at radius 2 is 2.17 bits per heavy atom. The maximum absolute atomic E-state index is 10.4. The molecule has 0 aliphatic carbocycles. The van der Waals surface area contributed by atoms with Gasteiger partial charge in [0.05, 0.1) is 15.5 Å². The van der Waals surface area contributed by atoms with E-state index in [4.69, 9.17) is 5.11 Å². The lowest BCUT2D eigenvalue weighted by atomic mass is 10.2. The summed E-state index contributed by atoms with van der Waals surface area (Å²) in [5, 5.41) is 19.4. The van der Waals surface area contributed by atoms with Crippen molar-refractivity contribution in [1.29, 1.82) is 0 Å². The molecule has 1 rings (SSSR count). The number of nitro benzene ring substituents is 1. The summed E-state index contributed by atoms with van der Waals surface area (Å²) in [6.45, 7) is 1.68. The smallest absolute Gasteiger partial charge is 0.287 e. The van der Waals surface area contributed by atoms with Gasteiger partial charge >= 0.3 is 0 Å². The topological polar surface area (TPSA) is 63.4 Å². The van der Waals surface area contributed by atoms with Gasteiger partial charge in [-0.15, -0.1) is 0 Å². The predicted molar refractivity (Wildman–Crippen MR) is 47.2 cm³/mol. The number of nitro groups is 1. The molecule has 0 amide bonds. The molecule has 0 aromatic heterocycles. The zero-order valence-corrected chi connectivity index (χ0v) is 7.83. The summed E-state index contributed by atoms with van der Waals surface area (Å²) in [6.07, 6.45) is 0. The van der Waals surface area contributed by atoms with Crippen LogP contribution in [0.25, 0.3) is 0 Å². The van der Waals surface area contributed by atoms with Crippen LogP contribution in [-0.2, 0) is 0 Å². The van der Waals surface area contributed by atoms with Crippen LogP contribution in [0.1, 0.15) is 5.56 Å². The highest BCUT2D eigenvalue weighted by atomic mass is 79.9. The lowest BCUT2D eigenvalue weighted by molar-refractivity contribution is -0.385. The van der Waals surface area contributed by atoms with Crippen molar-refractivity contribution in [3.63, 3.8) is 0 Å². The van der Waals surface area contributed by atoms with Gasteiger partial charge in [-0.1, -0.05) is 0 Å². The van der Waals surface area contributed by atoms with Crippen molar-refractivity contribution in [3.05, 3.63) is 32.3 Å². The fraction of sp³-hybridized carbons (Fsp3) is 0.143. The largest absolute Gasteiger partial charge is 0.508 e. The first-order chi connectivity index (χ1) is 5.52. The molecule has 0 bridgehead atoms. The quantitative estimate of drug-likeness (QED) is 0.597. The molecule has 0 unspecified atom stereocenters. The van der Waals surface area contributed by atoms with E-state index in [1.165, 1.54) is 6.07 Å². The molecule has 12 heavy (non-hydrogen) atoms. The molecule has 0 aliphatic heterocycles. The van der Waals surface area contributed by atoms with Gasteiger partial charge in [-0.3, -0.25) is 10.1 Å². The second-order valence-electron chi connectivity index (χ2n) is 2.35. The second-order valence-corrected chi connectivity index (χ2v) is 3.15. The van der Waals surface area contributed by atoms with Crippen molar-refractivity contribution in [2.24, 2.45) is 0 Å². The van der Waals surface area contributed by atoms with Gasteiger partial charge in [0.25, 0.3) is 5.69 Å². The van der Waals surface area contributed by atoms with Crippen LogP contribution in [0.4, 0.5) is 5.69 Å². The SMILES string of the molecule is Cc1cc(O)cc([N+](=O)[O-])c1Br. The highest BCUT2D eigenvalue weighted by Crippen LogP contribution is 2.31. The monoisotopic (exact) mass is 231 g/mol. The van der Waals surface area contributed by atoms with Crippen LogP contribution in [0.15, 0.2) is 16.6 Å². The van der Waals surface area contributed by atoms with E-state index in [-0.39, 0.29) is 11.4 Å². The first-order valence-electron chi connectivity index (χ1n) is 3.16. The maximum atomic E-state index is 10.4. The fourth-order valence-corrected chi connectivity index (χ4v) is 1.24. The lowest BCUT2D eigenvalue weighted by Crippen LogP contribution is -1.90. The van der Waals surface area contributed by atoms with Gasteiger partial charge in [-0.2, -0.15) is 0 Å². The first-order valence-corrected chi connectivity index (χ1v) is 3.95. The van der Waals surface area contributed by atoms with Crippen molar-refractivity contribution in [2.75, 3.05) is 0 Å². The van der Waals surface area contributed by atoms with E-state index in [1.54, 1.807) is 6.92 Å². The highest BCUT2D eigenvalue weighted by molar-refractivity contribution is 9.10. The number of rotatable bonds is 1. The Labute approximate surface area is 77.1 Å². The third-order valence-electron chi connectivity index (χ3n) is 1.42. The standard InChI is InChI=1S/C7H6BrNO3/c1-4-2-5(10)3-6(7(4)8)9(11)12/h2-3,10H,1H3. The van der Waals surface area contributed by atoms with E-state index in [0.29, 0.717) is 10.0 Å². The third-order valence-corrected chi connectivity index (χ3v) is 2.45. The van der Waals surface area contributed by atoms with Crippen LogP contribution in [0.2, 0.25) is 0 Å². The summed E-state index contributed by atoms with van der Waals surface area (Å²) in [4.78, 5) is 9.85. The minimum Gasteiger partial charge on any atom is -0.508 e. The van der Waals surface area contributed by atoms with E-state index in [9.17, 15) is 10.1 Å². The maximum Gasteiger partial charge on any atom is 0.287 e. The highest BCUT2D eigenvalue weighted by Gasteiger charge is 2.14. The van der Waals surface area contributed by atoms with E-state index in [0.717, 1.165) is 6.07 Å². The molecule has 1 aromatic rings. The summed E-state index contributed by atoms with van der Waals surface area (Å²) in [5.74, 6) is -0.0950. The molecule has 0 radical (unpaired) electrons. The number of phenolic OH excluding ortho intramolecular Hbond substituents is 1. The molecule has 0 aliphatic rings. The number of benzene rings is 1. The summed E-state index contributed by atoms with van der Waals surface area (Å²) >= 11 is 3.06. The third kappa shape index (κ3) is 1.55.